The highest BCUT2D eigenvalue weighted by atomic mass is 35.5. The Morgan fingerprint density at radius 3 is 2.50 bits per heavy atom. The molecule has 0 saturated carbocycles. The van der Waals surface area contributed by atoms with Gasteiger partial charge in [0.05, 0.1) is 29.5 Å². The Bertz CT molecular complexity index is 1460. The second kappa shape index (κ2) is 11.2. The van der Waals surface area contributed by atoms with Gasteiger partial charge in [0.15, 0.2) is 5.82 Å². The van der Waals surface area contributed by atoms with Crippen molar-refractivity contribution in [3.8, 4) is 0 Å². The molecule has 0 spiro atoms. The molecule has 2 fully saturated rings. The number of hydrogen-bond acceptors (Lipinski definition) is 8. The highest BCUT2D eigenvalue weighted by Gasteiger charge is 2.42. The minimum absolute atomic E-state index is 0.0431. The predicted octanol–water partition coefficient (Wildman–Crippen LogP) is 4.44. The lowest BCUT2D eigenvalue weighted by Gasteiger charge is -2.45. The molecule has 2 amide bonds. The number of amides is 2. The summed E-state index contributed by atoms with van der Waals surface area (Å²) in [6.45, 7) is 14.5. The molecule has 0 bridgehead atoms. The number of nitrogens with zero attached hydrogens (tertiary/aromatic N) is 8. The summed E-state index contributed by atoms with van der Waals surface area (Å²) < 4.78 is 7.61. The van der Waals surface area contributed by atoms with E-state index in [9.17, 15) is 9.59 Å². The van der Waals surface area contributed by atoms with Crippen molar-refractivity contribution in [1.29, 1.82) is 0 Å². The lowest BCUT2D eigenvalue weighted by Crippen LogP contribution is -2.57. The van der Waals surface area contributed by atoms with Gasteiger partial charge in [-0.15, -0.1) is 0 Å². The Morgan fingerprint density at radius 2 is 1.81 bits per heavy atom. The predicted molar refractivity (Wildman–Crippen MR) is 163 cm³/mol. The van der Waals surface area contributed by atoms with Gasteiger partial charge in [0, 0.05) is 52.0 Å². The average Bonchev–Trinajstić information content (AvgIpc) is 3.36. The van der Waals surface area contributed by atoms with Crippen molar-refractivity contribution >= 4 is 41.0 Å². The van der Waals surface area contributed by atoms with Crippen LogP contribution in [0.4, 0.5) is 16.6 Å². The number of fused-ring (bicyclic) bond motifs is 1. The van der Waals surface area contributed by atoms with Gasteiger partial charge in [-0.25, -0.2) is 14.8 Å². The summed E-state index contributed by atoms with van der Waals surface area (Å²) in [5.74, 6) is 1.09. The molecule has 5 heterocycles. The van der Waals surface area contributed by atoms with Crippen LogP contribution in [-0.4, -0.2) is 92.6 Å². The van der Waals surface area contributed by atoms with E-state index in [2.05, 4.69) is 21.8 Å². The molecule has 0 unspecified atom stereocenters. The van der Waals surface area contributed by atoms with Gasteiger partial charge < -0.3 is 28.7 Å². The van der Waals surface area contributed by atoms with Gasteiger partial charge in [0.1, 0.15) is 16.3 Å². The molecule has 2 saturated heterocycles. The first-order valence-corrected chi connectivity index (χ1v) is 14.9. The molecule has 42 heavy (non-hydrogen) atoms. The summed E-state index contributed by atoms with van der Waals surface area (Å²) in [4.78, 5) is 47.9. The largest absolute Gasteiger partial charge is 0.444 e. The number of halogens is 1. The molecule has 5 rings (SSSR count). The smallest absolute Gasteiger partial charge is 0.410 e. The number of imidazole rings is 1. The van der Waals surface area contributed by atoms with Crippen molar-refractivity contribution in [1.82, 2.24) is 29.2 Å². The first-order chi connectivity index (χ1) is 19.8. The fourth-order valence-corrected chi connectivity index (χ4v) is 5.79. The maximum Gasteiger partial charge on any atom is 0.410 e. The molecular formula is C30H41ClN8O3. The van der Waals surface area contributed by atoms with E-state index in [-0.39, 0.29) is 24.0 Å². The van der Waals surface area contributed by atoms with Crippen molar-refractivity contribution < 1.29 is 14.3 Å². The van der Waals surface area contributed by atoms with E-state index in [1.165, 1.54) is 0 Å². The van der Waals surface area contributed by atoms with Gasteiger partial charge in [0.2, 0.25) is 11.9 Å². The molecule has 11 nitrogen and oxygen atoms in total. The topological polar surface area (TPSA) is 99.4 Å². The first-order valence-electron chi connectivity index (χ1n) is 14.5. The summed E-state index contributed by atoms with van der Waals surface area (Å²) in [7, 11) is 1.85. The lowest BCUT2D eigenvalue weighted by molar-refractivity contribution is -0.140. The SMILES string of the molecule is CC[C@H]1CN(C(=O)OC(C)(C)C)CCN1c1ncc(Cl)c(N2CC(C(=O)N(C)C(C)(C)c3cnc4ccccn34)C2)n1. The third-order valence-corrected chi connectivity index (χ3v) is 8.59. The van der Waals surface area contributed by atoms with Crippen molar-refractivity contribution in [3.63, 3.8) is 0 Å². The van der Waals surface area contributed by atoms with Gasteiger partial charge in [-0.1, -0.05) is 24.6 Å². The fourth-order valence-electron chi connectivity index (χ4n) is 5.58. The number of pyridine rings is 1. The number of carbonyl (C=O) groups excluding carboxylic acids is 2. The molecule has 226 valence electrons. The molecule has 0 N–H and O–H groups in total. The molecule has 1 atom stereocenters. The third kappa shape index (κ3) is 5.71. The monoisotopic (exact) mass is 596 g/mol. The molecule has 2 aliphatic rings. The molecule has 3 aromatic rings. The van der Waals surface area contributed by atoms with Crippen molar-refractivity contribution in [3.05, 3.63) is 47.5 Å². The number of anilines is 2. The highest BCUT2D eigenvalue weighted by molar-refractivity contribution is 6.32. The Balaban J connectivity index is 1.25. The molecule has 2 aliphatic heterocycles. The van der Waals surface area contributed by atoms with Crippen LogP contribution < -0.4 is 9.80 Å². The van der Waals surface area contributed by atoms with Crippen molar-refractivity contribution in [2.75, 3.05) is 49.6 Å². The van der Waals surface area contributed by atoms with Gasteiger partial charge in [-0.3, -0.25) is 4.79 Å². The average molecular weight is 597 g/mol. The van der Waals surface area contributed by atoms with Crippen molar-refractivity contribution in [2.24, 2.45) is 5.92 Å². The van der Waals surface area contributed by atoms with Crippen LogP contribution in [-0.2, 0) is 15.1 Å². The minimum Gasteiger partial charge on any atom is -0.444 e. The zero-order valence-electron chi connectivity index (χ0n) is 25.5. The summed E-state index contributed by atoms with van der Waals surface area (Å²) in [5, 5.41) is 0.449. The van der Waals surface area contributed by atoms with Crippen molar-refractivity contribution in [2.45, 2.75) is 65.1 Å². The van der Waals surface area contributed by atoms with Crippen LogP contribution in [0.25, 0.3) is 5.65 Å². The second-order valence-corrected chi connectivity index (χ2v) is 13.1. The summed E-state index contributed by atoms with van der Waals surface area (Å²) in [5.41, 5.74) is 0.696. The molecule has 12 heteroatoms. The van der Waals surface area contributed by atoms with Crippen LogP contribution in [0.5, 0.6) is 0 Å². The van der Waals surface area contributed by atoms with Crippen LogP contribution in [0.3, 0.4) is 0 Å². The van der Waals surface area contributed by atoms with Crippen LogP contribution >= 0.6 is 11.6 Å². The van der Waals surface area contributed by atoms with Gasteiger partial charge in [0.25, 0.3) is 0 Å². The quantitative estimate of drug-likeness (QED) is 0.412. The lowest BCUT2D eigenvalue weighted by atomic mass is 9.93. The molecule has 3 aromatic heterocycles. The van der Waals surface area contributed by atoms with E-state index >= 15 is 0 Å². The molecule has 0 radical (unpaired) electrons. The van der Waals surface area contributed by atoms with Gasteiger partial charge >= 0.3 is 6.09 Å². The Hall–Kier alpha value is -3.60. The van der Waals surface area contributed by atoms with E-state index in [1.807, 2.05) is 86.5 Å². The molecular weight excluding hydrogens is 556 g/mol. The maximum absolute atomic E-state index is 13.6. The third-order valence-electron chi connectivity index (χ3n) is 8.32. The number of hydrogen-bond donors (Lipinski definition) is 0. The van der Waals surface area contributed by atoms with E-state index in [1.54, 1.807) is 11.1 Å². The van der Waals surface area contributed by atoms with Crippen LogP contribution in [0.2, 0.25) is 5.02 Å². The maximum atomic E-state index is 13.6. The number of piperazine rings is 1. The highest BCUT2D eigenvalue weighted by Crippen LogP contribution is 2.35. The zero-order valence-corrected chi connectivity index (χ0v) is 26.3. The normalized spacial score (nSPS) is 18.3. The Morgan fingerprint density at radius 1 is 1.07 bits per heavy atom. The number of rotatable bonds is 6. The summed E-state index contributed by atoms with van der Waals surface area (Å²) >= 11 is 6.56. The minimum atomic E-state index is -0.561. The van der Waals surface area contributed by atoms with Gasteiger partial charge in [-0.2, -0.15) is 4.98 Å². The van der Waals surface area contributed by atoms with Crippen LogP contribution in [0, 0.1) is 5.92 Å². The first kappa shape index (κ1) is 29.9. The standard InChI is InChI=1S/C30H41ClN8O3/c1-8-21-19-36(28(41)42-29(2,3)4)13-14-38(21)27-33-15-22(31)25(34-27)37-17-20(18-37)26(40)35(7)30(5,6)23-16-32-24-11-9-10-12-39(23)24/h9-12,15-16,20-21H,8,13-14,17-19H2,1-7H3/t21-/m0/s1. The Labute approximate surface area is 252 Å². The fraction of sp³-hybridized carbons (Fsp3) is 0.567. The summed E-state index contributed by atoms with van der Waals surface area (Å²) in [6, 6.07) is 5.91. The summed E-state index contributed by atoms with van der Waals surface area (Å²) in [6.07, 6.45) is 5.95. The number of ether oxygens (including phenoxy) is 1. The van der Waals surface area contributed by atoms with Crippen LogP contribution in [0.1, 0.15) is 53.7 Å². The Kier molecular flexibility index (Phi) is 8.00. The van der Waals surface area contributed by atoms with Gasteiger partial charge in [-0.05, 0) is 53.2 Å². The zero-order chi connectivity index (χ0) is 30.4. The molecule has 0 aromatic carbocycles. The van der Waals surface area contributed by atoms with E-state index in [4.69, 9.17) is 21.3 Å². The van der Waals surface area contributed by atoms with E-state index in [0.29, 0.717) is 49.5 Å². The molecule has 0 aliphatic carbocycles. The van der Waals surface area contributed by atoms with E-state index in [0.717, 1.165) is 17.8 Å². The number of carbonyl (C=O) groups is 2. The van der Waals surface area contributed by atoms with Crippen LogP contribution in [0.15, 0.2) is 36.8 Å². The number of aromatic nitrogens is 4. The van der Waals surface area contributed by atoms with E-state index < -0.39 is 11.1 Å². The second-order valence-electron chi connectivity index (χ2n) is 12.7.